The molecule has 2 unspecified atom stereocenters. The molecular formula is C11H19ClN4O. The third-order valence-corrected chi connectivity index (χ3v) is 3.15. The van der Waals surface area contributed by atoms with E-state index in [2.05, 4.69) is 27.8 Å². The summed E-state index contributed by atoms with van der Waals surface area (Å²) in [5.41, 5.74) is 0.524. The van der Waals surface area contributed by atoms with Crippen molar-refractivity contribution in [3.63, 3.8) is 0 Å². The minimum Gasteiger partial charge on any atom is -0.348 e. The number of halogens is 1. The lowest BCUT2D eigenvalue weighted by Crippen LogP contribution is -2.44. The van der Waals surface area contributed by atoms with Gasteiger partial charge in [0.1, 0.15) is 5.69 Å². The third-order valence-electron chi connectivity index (χ3n) is 3.15. The summed E-state index contributed by atoms with van der Waals surface area (Å²) in [5.74, 6) is 0.455. The van der Waals surface area contributed by atoms with Crippen molar-refractivity contribution >= 4 is 18.3 Å². The van der Waals surface area contributed by atoms with E-state index >= 15 is 0 Å². The zero-order chi connectivity index (χ0) is 11.4. The molecule has 1 saturated heterocycles. The minimum atomic E-state index is -0.0735. The van der Waals surface area contributed by atoms with Gasteiger partial charge in [0.05, 0.1) is 0 Å². The van der Waals surface area contributed by atoms with Gasteiger partial charge in [-0.1, -0.05) is 0 Å². The number of aromatic nitrogens is 2. The van der Waals surface area contributed by atoms with Crippen LogP contribution < -0.4 is 10.6 Å². The van der Waals surface area contributed by atoms with Crippen LogP contribution in [0, 0.1) is 5.92 Å². The first-order chi connectivity index (χ1) is 7.77. The molecule has 0 spiro atoms. The number of nitrogens with one attached hydrogen (secondary N) is 3. The number of amides is 1. The molecule has 1 fully saturated rings. The van der Waals surface area contributed by atoms with Crippen molar-refractivity contribution < 1.29 is 4.79 Å². The average molecular weight is 259 g/mol. The highest BCUT2D eigenvalue weighted by Gasteiger charge is 2.21. The predicted octanol–water partition coefficient (Wildman–Crippen LogP) is 0.949. The number of H-pyrrole nitrogens is 1. The van der Waals surface area contributed by atoms with E-state index in [0.717, 1.165) is 13.1 Å². The van der Waals surface area contributed by atoms with Gasteiger partial charge >= 0.3 is 0 Å². The van der Waals surface area contributed by atoms with Gasteiger partial charge in [-0.3, -0.25) is 9.89 Å². The molecule has 1 aromatic rings. The first kappa shape index (κ1) is 14.0. The lowest BCUT2D eigenvalue weighted by atomic mass is 9.93. The first-order valence-electron chi connectivity index (χ1n) is 5.78. The second-order valence-electron chi connectivity index (χ2n) is 4.34. The molecule has 2 atom stereocenters. The van der Waals surface area contributed by atoms with E-state index in [1.54, 1.807) is 12.3 Å². The average Bonchev–Trinajstić information content (AvgIpc) is 2.83. The van der Waals surface area contributed by atoms with Crippen molar-refractivity contribution in [2.75, 3.05) is 13.1 Å². The van der Waals surface area contributed by atoms with Crippen LogP contribution in [0.15, 0.2) is 12.3 Å². The molecule has 0 bridgehead atoms. The molecule has 0 saturated carbocycles. The Balaban J connectivity index is 0.00000144. The Morgan fingerprint density at radius 2 is 2.47 bits per heavy atom. The summed E-state index contributed by atoms with van der Waals surface area (Å²) >= 11 is 0. The number of aromatic amines is 1. The zero-order valence-electron chi connectivity index (χ0n) is 9.90. The van der Waals surface area contributed by atoms with Crippen LogP contribution in [0.25, 0.3) is 0 Å². The molecule has 96 valence electrons. The van der Waals surface area contributed by atoms with Crippen molar-refractivity contribution in [1.29, 1.82) is 0 Å². The molecule has 0 aromatic carbocycles. The molecule has 2 heterocycles. The number of piperidine rings is 1. The highest BCUT2D eigenvalue weighted by Crippen LogP contribution is 2.14. The van der Waals surface area contributed by atoms with Crippen molar-refractivity contribution in [2.24, 2.45) is 5.92 Å². The fraction of sp³-hybridized carbons (Fsp3) is 0.636. The van der Waals surface area contributed by atoms with Crippen molar-refractivity contribution in [2.45, 2.75) is 25.8 Å². The van der Waals surface area contributed by atoms with Crippen LogP contribution in [0.4, 0.5) is 0 Å². The molecule has 1 amide bonds. The summed E-state index contributed by atoms with van der Waals surface area (Å²) < 4.78 is 0. The SMILES string of the molecule is CC(NC(=O)c1ccn[nH]1)C1CCCNC1.Cl. The molecule has 1 aliphatic rings. The molecule has 6 heteroatoms. The lowest BCUT2D eigenvalue weighted by Gasteiger charge is -2.28. The monoisotopic (exact) mass is 258 g/mol. The Bertz CT molecular complexity index is 335. The van der Waals surface area contributed by atoms with E-state index in [0.29, 0.717) is 11.6 Å². The van der Waals surface area contributed by atoms with Gasteiger partial charge in [-0.05, 0) is 44.8 Å². The maximum Gasteiger partial charge on any atom is 0.269 e. The predicted molar refractivity (Wildman–Crippen MR) is 68.4 cm³/mol. The molecular weight excluding hydrogens is 240 g/mol. The smallest absolute Gasteiger partial charge is 0.269 e. The highest BCUT2D eigenvalue weighted by molar-refractivity contribution is 5.92. The van der Waals surface area contributed by atoms with Crippen LogP contribution in [0.3, 0.4) is 0 Å². The van der Waals surface area contributed by atoms with E-state index in [1.807, 2.05) is 0 Å². The van der Waals surface area contributed by atoms with Crippen LogP contribution in [0.1, 0.15) is 30.3 Å². The van der Waals surface area contributed by atoms with Crippen molar-refractivity contribution in [1.82, 2.24) is 20.8 Å². The number of carbonyl (C=O) groups excluding carboxylic acids is 1. The van der Waals surface area contributed by atoms with Gasteiger partial charge in [-0.2, -0.15) is 5.10 Å². The second-order valence-corrected chi connectivity index (χ2v) is 4.34. The topological polar surface area (TPSA) is 69.8 Å². The zero-order valence-corrected chi connectivity index (χ0v) is 10.7. The molecule has 0 radical (unpaired) electrons. The number of hydrogen-bond donors (Lipinski definition) is 3. The third kappa shape index (κ3) is 3.71. The lowest BCUT2D eigenvalue weighted by molar-refractivity contribution is 0.0917. The maximum atomic E-state index is 11.8. The molecule has 0 aliphatic carbocycles. The first-order valence-corrected chi connectivity index (χ1v) is 5.78. The van der Waals surface area contributed by atoms with Crippen molar-refractivity contribution in [3.8, 4) is 0 Å². The van der Waals surface area contributed by atoms with Gasteiger partial charge in [-0.15, -0.1) is 12.4 Å². The van der Waals surface area contributed by atoms with Gasteiger partial charge < -0.3 is 10.6 Å². The maximum absolute atomic E-state index is 11.8. The summed E-state index contributed by atoms with van der Waals surface area (Å²) in [5, 5.41) is 12.8. The fourth-order valence-electron chi connectivity index (χ4n) is 2.09. The van der Waals surface area contributed by atoms with Crippen molar-refractivity contribution in [3.05, 3.63) is 18.0 Å². The fourth-order valence-corrected chi connectivity index (χ4v) is 2.09. The highest BCUT2D eigenvalue weighted by atomic mass is 35.5. The Morgan fingerprint density at radius 3 is 3.06 bits per heavy atom. The molecule has 1 aromatic heterocycles. The summed E-state index contributed by atoms with van der Waals surface area (Å²) in [6.45, 7) is 4.15. The molecule has 17 heavy (non-hydrogen) atoms. The second kappa shape index (κ2) is 6.61. The molecule has 5 nitrogen and oxygen atoms in total. The molecule has 2 rings (SSSR count). The summed E-state index contributed by atoms with van der Waals surface area (Å²) in [6.07, 6.45) is 3.95. The Hall–Kier alpha value is -1.07. The Morgan fingerprint density at radius 1 is 1.65 bits per heavy atom. The van der Waals surface area contributed by atoms with Crippen LogP contribution in [0.5, 0.6) is 0 Å². The number of carbonyl (C=O) groups is 1. The van der Waals surface area contributed by atoms with E-state index in [-0.39, 0.29) is 24.4 Å². The van der Waals surface area contributed by atoms with Gasteiger partial charge in [0.15, 0.2) is 0 Å². The molecule has 1 aliphatic heterocycles. The van der Waals surface area contributed by atoms with Crippen LogP contribution in [-0.2, 0) is 0 Å². The number of nitrogens with zero attached hydrogens (tertiary/aromatic N) is 1. The van der Waals surface area contributed by atoms with E-state index in [4.69, 9.17) is 0 Å². The van der Waals surface area contributed by atoms with Gasteiger partial charge in [-0.25, -0.2) is 0 Å². The number of hydrogen-bond acceptors (Lipinski definition) is 3. The van der Waals surface area contributed by atoms with E-state index < -0.39 is 0 Å². The summed E-state index contributed by atoms with van der Waals surface area (Å²) in [7, 11) is 0. The van der Waals surface area contributed by atoms with Gasteiger partial charge in [0, 0.05) is 12.2 Å². The minimum absolute atomic E-state index is 0. The molecule has 3 N–H and O–H groups in total. The van der Waals surface area contributed by atoms with Crippen LogP contribution in [-0.4, -0.2) is 35.2 Å². The standard InChI is InChI=1S/C11H18N4O.ClH/c1-8(9-3-2-5-12-7-9)14-11(16)10-4-6-13-15-10;/h4,6,8-9,12H,2-3,5,7H2,1H3,(H,13,15)(H,14,16);1H. The largest absolute Gasteiger partial charge is 0.348 e. The quantitative estimate of drug-likeness (QED) is 0.756. The number of rotatable bonds is 3. The van der Waals surface area contributed by atoms with E-state index in [9.17, 15) is 4.79 Å². The summed E-state index contributed by atoms with van der Waals surface area (Å²) in [6, 6.07) is 1.88. The van der Waals surface area contributed by atoms with Crippen LogP contribution >= 0.6 is 12.4 Å². The normalized spacial score (nSPS) is 21.4. The van der Waals surface area contributed by atoms with Gasteiger partial charge in [0.2, 0.25) is 0 Å². The Kier molecular flexibility index (Phi) is 5.44. The van der Waals surface area contributed by atoms with Gasteiger partial charge in [0.25, 0.3) is 5.91 Å². The van der Waals surface area contributed by atoms with E-state index in [1.165, 1.54) is 12.8 Å². The summed E-state index contributed by atoms with van der Waals surface area (Å²) in [4.78, 5) is 11.8. The Labute approximate surface area is 107 Å². The van der Waals surface area contributed by atoms with Crippen LogP contribution in [0.2, 0.25) is 0 Å².